The second-order valence-corrected chi connectivity index (χ2v) is 11.4. The van der Waals surface area contributed by atoms with Crippen LogP contribution in [-0.4, -0.2) is 134 Å². The maximum atomic E-state index is 10.7. The Hall–Kier alpha value is -4.46. The molecule has 4 aliphatic heterocycles. The Morgan fingerprint density at radius 2 is 1.10 bits per heavy atom. The smallest absolute Gasteiger partial charge is 0.320 e. The van der Waals surface area contributed by atoms with E-state index in [-0.39, 0.29) is 18.2 Å². The number of hydrogen-bond donors (Lipinski definition) is 10. The molecule has 0 saturated carbocycles. The lowest BCUT2D eigenvalue weighted by molar-refractivity contribution is -0.140. The molecule has 11 N–H and O–H groups in total. The highest BCUT2D eigenvalue weighted by Crippen LogP contribution is 2.17. The SMILES string of the molecule is N[C@H]1CN[C@H](C(=O)O)C1.O=C(O)[C@@H]1C[C@@H](O)CN1.O=C(O)[C@@H]1C[C@H](Oc2cccnc2)CN1.O=C(O)[C@@H]1C[C@H](Oc2ccncc2)CN1. The standard InChI is InChI=1S/2C10H12N2O3.C5H10N2O2.C5H9NO3/c13-10(14)9-5-8(6-12-9)15-7-1-3-11-4-2-7;13-10(14)9-4-8(6-12-9)15-7-2-1-3-11-5-7;6-3-1-4(5(8)9)7-2-3;7-3-1-4(5(8)9)6-2-3/h1-4,8-9,12H,5-6H2,(H,13,14);1-3,5,8-9,12H,4,6H2,(H,13,14);3-4,7H,1-2,6H2,(H,8,9);3-4,6-7H,1-2H2,(H,8,9)/t2*8-,9-;2*3-,4+/m0011/s1. The summed E-state index contributed by atoms with van der Waals surface area (Å²) in [5.41, 5.74) is 5.44. The Labute approximate surface area is 276 Å². The van der Waals surface area contributed by atoms with Crippen molar-refractivity contribution in [3.63, 3.8) is 0 Å². The number of hydrogen-bond acceptors (Lipinski definition) is 14. The molecule has 0 unspecified atom stereocenters. The highest BCUT2D eigenvalue weighted by Gasteiger charge is 2.31. The monoisotopic (exact) mass is 677 g/mol. The average molecular weight is 678 g/mol. The number of carboxylic acid groups (broad SMARTS) is 4. The molecule has 18 nitrogen and oxygen atoms in total. The first kappa shape index (κ1) is 38.0. The number of rotatable bonds is 8. The summed E-state index contributed by atoms with van der Waals surface area (Å²) in [5, 5.41) is 54.3. The predicted molar refractivity (Wildman–Crippen MR) is 167 cm³/mol. The molecule has 264 valence electrons. The van der Waals surface area contributed by atoms with Gasteiger partial charge in [0.05, 0.1) is 12.3 Å². The topological polar surface area (TPSA) is 288 Å². The number of nitrogens with one attached hydrogen (secondary N) is 4. The third-order valence-electron chi connectivity index (χ3n) is 7.54. The third kappa shape index (κ3) is 13.3. The average Bonchev–Trinajstić information content (AvgIpc) is 3.88. The number of aliphatic hydroxyl groups excluding tert-OH is 1. The first-order valence-corrected chi connectivity index (χ1v) is 15.3. The van der Waals surface area contributed by atoms with E-state index >= 15 is 0 Å². The molecule has 48 heavy (non-hydrogen) atoms. The molecule has 4 saturated heterocycles. The molecule has 0 aliphatic carbocycles. The molecule has 2 aromatic heterocycles. The highest BCUT2D eigenvalue weighted by molar-refractivity contribution is 5.75. The molecule has 6 heterocycles. The predicted octanol–water partition coefficient (Wildman–Crippen LogP) is -1.89. The molecule has 6 rings (SSSR count). The van der Waals surface area contributed by atoms with Crippen LogP contribution < -0.4 is 36.5 Å². The number of aliphatic carboxylic acids is 4. The molecule has 8 atom stereocenters. The molecule has 18 heteroatoms. The molecule has 0 bridgehead atoms. The first-order valence-electron chi connectivity index (χ1n) is 15.3. The molecule has 4 fully saturated rings. The molecular formula is C30H43N7O11. The lowest BCUT2D eigenvalue weighted by Crippen LogP contribution is -2.30. The van der Waals surface area contributed by atoms with E-state index in [0.717, 1.165) is 5.75 Å². The first-order chi connectivity index (χ1) is 22.9. The Balaban J connectivity index is 0.000000179. The van der Waals surface area contributed by atoms with Crippen LogP contribution in [0.25, 0.3) is 0 Å². The summed E-state index contributed by atoms with van der Waals surface area (Å²) in [5.74, 6) is -1.93. The molecule has 0 aromatic carbocycles. The number of ether oxygens (including phenoxy) is 2. The van der Waals surface area contributed by atoms with Crippen molar-refractivity contribution in [1.29, 1.82) is 0 Å². The van der Waals surface area contributed by atoms with Crippen LogP contribution in [0.15, 0.2) is 49.1 Å². The van der Waals surface area contributed by atoms with Gasteiger partial charge < -0.3 is 62.0 Å². The van der Waals surface area contributed by atoms with E-state index in [0.29, 0.717) is 57.6 Å². The van der Waals surface area contributed by atoms with Crippen molar-refractivity contribution in [2.75, 3.05) is 26.2 Å². The highest BCUT2D eigenvalue weighted by atomic mass is 16.5. The Morgan fingerprint density at radius 1 is 0.625 bits per heavy atom. The molecule has 4 aliphatic rings. The van der Waals surface area contributed by atoms with Gasteiger partial charge in [0.2, 0.25) is 0 Å². The van der Waals surface area contributed by atoms with E-state index in [1.54, 1.807) is 49.1 Å². The van der Waals surface area contributed by atoms with Gasteiger partial charge in [0.15, 0.2) is 0 Å². The molecule has 0 amide bonds. The van der Waals surface area contributed by atoms with E-state index in [1.165, 1.54) is 0 Å². The minimum absolute atomic E-state index is 0.0195. The lowest BCUT2D eigenvalue weighted by Gasteiger charge is -2.11. The van der Waals surface area contributed by atoms with Gasteiger partial charge in [-0.25, -0.2) is 0 Å². The van der Waals surface area contributed by atoms with Crippen molar-refractivity contribution >= 4 is 23.9 Å². The number of nitrogens with zero attached hydrogens (tertiary/aromatic N) is 2. The van der Waals surface area contributed by atoms with E-state index in [2.05, 4.69) is 31.2 Å². The van der Waals surface area contributed by atoms with Gasteiger partial charge in [-0.15, -0.1) is 0 Å². The number of β-amino-alcohol motifs (C(OH)–C–C–N with tert-alkyl or cyclic N) is 1. The Kier molecular flexibility index (Phi) is 15.3. The Bertz CT molecular complexity index is 1210. The third-order valence-corrected chi connectivity index (χ3v) is 7.54. The van der Waals surface area contributed by atoms with Gasteiger partial charge in [-0.2, -0.15) is 0 Å². The zero-order chi connectivity index (χ0) is 35.1. The van der Waals surface area contributed by atoms with Crippen molar-refractivity contribution in [2.45, 2.75) is 74.2 Å². The van der Waals surface area contributed by atoms with Gasteiger partial charge in [-0.3, -0.25) is 29.1 Å². The van der Waals surface area contributed by atoms with Crippen molar-refractivity contribution in [1.82, 2.24) is 31.2 Å². The summed E-state index contributed by atoms with van der Waals surface area (Å²) in [4.78, 5) is 49.5. The van der Waals surface area contributed by atoms with Crippen LogP contribution >= 0.6 is 0 Å². The van der Waals surface area contributed by atoms with Crippen LogP contribution in [0.1, 0.15) is 25.7 Å². The van der Waals surface area contributed by atoms with Crippen LogP contribution in [0.2, 0.25) is 0 Å². The fourth-order valence-corrected chi connectivity index (χ4v) is 5.04. The van der Waals surface area contributed by atoms with Crippen molar-refractivity contribution in [2.24, 2.45) is 5.73 Å². The van der Waals surface area contributed by atoms with Crippen molar-refractivity contribution < 1.29 is 54.2 Å². The van der Waals surface area contributed by atoms with Gasteiger partial charge in [0.25, 0.3) is 0 Å². The van der Waals surface area contributed by atoms with Crippen LogP contribution in [0.3, 0.4) is 0 Å². The van der Waals surface area contributed by atoms with Crippen LogP contribution in [0.4, 0.5) is 0 Å². The number of carbonyl (C=O) groups is 4. The minimum atomic E-state index is -0.883. The number of pyridine rings is 2. The fourth-order valence-electron chi connectivity index (χ4n) is 5.04. The van der Waals surface area contributed by atoms with E-state index in [1.807, 2.05) is 0 Å². The number of nitrogens with two attached hydrogens (primary N) is 1. The largest absolute Gasteiger partial charge is 0.489 e. The second-order valence-electron chi connectivity index (χ2n) is 11.4. The normalized spacial score (nSPS) is 28.7. The van der Waals surface area contributed by atoms with Gasteiger partial charge in [-0.1, -0.05) is 0 Å². The number of aliphatic hydroxyl groups is 1. The number of carboxylic acids is 4. The quantitative estimate of drug-likeness (QED) is 0.146. The van der Waals surface area contributed by atoms with Crippen LogP contribution in [0, 0.1) is 0 Å². The van der Waals surface area contributed by atoms with Crippen molar-refractivity contribution in [3.05, 3.63) is 49.1 Å². The van der Waals surface area contributed by atoms with Gasteiger partial charge in [-0.05, 0) is 30.7 Å². The molecular weight excluding hydrogens is 634 g/mol. The number of aromatic nitrogens is 2. The summed E-state index contributed by atoms with van der Waals surface area (Å²) in [6, 6.07) is 5.19. The fraction of sp³-hybridized carbons (Fsp3) is 0.533. The van der Waals surface area contributed by atoms with Crippen molar-refractivity contribution in [3.8, 4) is 11.5 Å². The zero-order valence-corrected chi connectivity index (χ0v) is 26.1. The van der Waals surface area contributed by atoms with Gasteiger partial charge >= 0.3 is 23.9 Å². The summed E-state index contributed by atoms with van der Waals surface area (Å²) in [7, 11) is 0. The van der Waals surface area contributed by atoms with Crippen LogP contribution in [-0.2, 0) is 19.2 Å². The summed E-state index contributed by atoms with van der Waals surface area (Å²) >= 11 is 0. The van der Waals surface area contributed by atoms with Gasteiger partial charge in [0, 0.05) is 70.1 Å². The second kappa shape index (κ2) is 19.4. The zero-order valence-electron chi connectivity index (χ0n) is 26.1. The Morgan fingerprint density at radius 3 is 1.48 bits per heavy atom. The molecule has 0 radical (unpaired) electrons. The maximum absolute atomic E-state index is 10.7. The van der Waals surface area contributed by atoms with Gasteiger partial charge in [0.1, 0.15) is 47.9 Å². The lowest BCUT2D eigenvalue weighted by atomic mass is 10.2. The van der Waals surface area contributed by atoms with E-state index in [9.17, 15) is 19.2 Å². The summed E-state index contributed by atoms with van der Waals surface area (Å²) in [6.45, 7) is 2.15. The molecule has 2 aromatic rings. The van der Waals surface area contributed by atoms with Crippen LogP contribution in [0.5, 0.6) is 11.5 Å². The maximum Gasteiger partial charge on any atom is 0.320 e. The minimum Gasteiger partial charge on any atom is -0.489 e. The van der Waals surface area contributed by atoms with E-state index < -0.39 is 54.1 Å². The van der Waals surface area contributed by atoms with E-state index in [4.69, 9.17) is 40.7 Å². The molecule has 0 spiro atoms. The summed E-state index contributed by atoms with van der Waals surface area (Å²) in [6.07, 6.45) is 7.80. The summed E-state index contributed by atoms with van der Waals surface area (Å²) < 4.78 is 11.2.